The highest BCUT2D eigenvalue weighted by molar-refractivity contribution is 6.04. The fraction of sp³-hybridized carbons (Fsp3) is 0.240. The quantitative estimate of drug-likeness (QED) is 0.583. The van der Waals surface area contributed by atoms with Gasteiger partial charge in [0.15, 0.2) is 0 Å². The molecular formula is C25H27NO3. The van der Waals surface area contributed by atoms with Gasteiger partial charge >= 0.3 is 0 Å². The minimum absolute atomic E-state index is 0.163. The average Bonchev–Trinajstić information content (AvgIpc) is 2.68. The number of anilines is 1. The highest BCUT2D eigenvalue weighted by Crippen LogP contribution is 2.24. The molecule has 4 heteroatoms. The largest absolute Gasteiger partial charge is 0.496 e. The standard InChI is InChI=1S/C25H27NO3/c1-16-10-17(2)12-23(11-16)29-15-21-14-20(7-9-24(21)28-5)25(27)26-22-8-6-18(3)19(4)13-22/h6-14H,15H2,1-5H3,(H,26,27). The first-order valence-corrected chi connectivity index (χ1v) is 9.62. The van der Waals surface area contributed by atoms with Gasteiger partial charge in [-0.2, -0.15) is 0 Å². The van der Waals surface area contributed by atoms with Crippen molar-refractivity contribution in [2.75, 3.05) is 12.4 Å². The average molecular weight is 389 g/mol. The Hall–Kier alpha value is -3.27. The minimum atomic E-state index is -0.163. The van der Waals surface area contributed by atoms with Crippen molar-refractivity contribution in [1.29, 1.82) is 0 Å². The zero-order valence-corrected chi connectivity index (χ0v) is 17.6. The fourth-order valence-electron chi connectivity index (χ4n) is 3.23. The Morgan fingerprint density at radius 1 is 0.862 bits per heavy atom. The summed E-state index contributed by atoms with van der Waals surface area (Å²) < 4.78 is 11.4. The van der Waals surface area contributed by atoms with Crippen LogP contribution in [-0.2, 0) is 6.61 Å². The van der Waals surface area contributed by atoms with Crippen molar-refractivity contribution < 1.29 is 14.3 Å². The number of carbonyl (C=O) groups is 1. The molecule has 1 N–H and O–H groups in total. The van der Waals surface area contributed by atoms with Crippen LogP contribution in [0.15, 0.2) is 54.6 Å². The maximum atomic E-state index is 12.7. The number of ether oxygens (including phenoxy) is 2. The molecule has 3 rings (SSSR count). The van der Waals surface area contributed by atoms with Gasteiger partial charge in [-0.05, 0) is 92.4 Å². The van der Waals surface area contributed by atoms with Crippen molar-refractivity contribution in [3.8, 4) is 11.5 Å². The van der Waals surface area contributed by atoms with E-state index in [9.17, 15) is 4.79 Å². The smallest absolute Gasteiger partial charge is 0.255 e. The van der Waals surface area contributed by atoms with Crippen LogP contribution in [0.3, 0.4) is 0 Å². The summed E-state index contributed by atoms with van der Waals surface area (Å²) in [5.74, 6) is 1.33. The molecule has 0 aliphatic heterocycles. The van der Waals surface area contributed by atoms with E-state index in [0.29, 0.717) is 17.9 Å². The van der Waals surface area contributed by atoms with Gasteiger partial charge < -0.3 is 14.8 Å². The molecule has 3 aromatic carbocycles. The molecule has 0 unspecified atom stereocenters. The monoisotopic (exact) mass is 389 g/mol. The number of hydrogen-bond donors (Lipinski definition) is 1. The van der Waals surface area contributed by atoms with Crippen molar-refractivity contribution in [2.24, 2.45) is 0 Å². The third kappa shape index (κ3) is 5.17. The zero-order chi connectivity index (χ0) is 21.0. The molecule has 0 saturated heterocycles. The van der Waals surface area contributed by atoms with Gasteiger partial charge in [0, 0.05) is 16.8 Å². The lowest BCUT2D eigenvalue weighted by Crippen LogP contribution is -2.13. The van der Waals surface area contributed by atoms with Gasteiger partial charge in [0.1, 0.15) is 18.1 Å². The van der Waals surface area contributed by atoms with Crippen LogP contribution < -0.4 is 14.8 Å². The molecule has 150 valence electrons. The van der Waals surface area contributed by atoms with Gasteiger partial charge in [-0.15, -0.1) is 0 Å². The minimum Gasteiger partial charge on any atom is -0.496 e. The van der Waals surface area contributed by atoms with E-state index in [0.717, 1.165) is 33.7 Å². The van der Waals surface area contributed by atoms with Crippen LogP contribution in [0.1, 0.15) is 38.2 Å². The number of rotatable bonds is 6. The van der Waals surface area contributed by atoms with Crippen LogP contribution in [0.4, 0.5) is 5.69 Å². The van der Waals surface area contributed by atoms with Gasteiger partial charge in [-0.3, -0.25) is 4.79 Å². The summed E-state index contributed by atoms with van der Waals surface area (Å²) in [5, 5.41) is 2.96. The van der Waals surface area contributed by atoms with Crippen LogP contribution in [0.5, 0.6) is 11.5 Å². The van der Waals surface area contributed by atoms with Gasteiger partial charge in [0.25, 0.3) is 5.91 Å². The number of benzene rings is 3. The van der Waals surface area contributed by atoms with Crippen molar-refractivity contribution >= 4 is 11.6 Å². The predicted molar refractivity (Wildman–Crippen MR) is 117 cm³/mol. The predicted octanol–water partition coefficient (Wildman–Crippen LogP) is 5.76. The SMILES string of the molecule is COc1ccc(C(=O)Nc2ccc(C)c(C)c2)cc1COc1cc(C)cc(C)c1. The van der Waals surface area contributed by atoms with Crippen molar-refractivity contribution in [3.05, 3.63) is 88.0 Å². The molecule has 0 aliphatic rings. The Bertz CT molecular complexity index is 1020. The van der Waals surface area contributed by atoms with Crippen molar-refractivity contribution in [1.82, 2.24) is 0 Å². The molecule has 1 amide bonds. The topological polar surface area (TPSA) is 47.6 Å². The Morgan fingerprint density at radius 2 is 1.59 bits per heavy atom. The molecule has 0 bridgehead atoms. The lowest BCUT2D eigenvalue weighted by molar-refractivity contribution is 0.102. The zero-order valence-electron chi connectivity index (χ0n) is 17.6. The summed E-state index contributed by atoms with van der Waals surface area (Å²) in [6, 6.07) is 17.4. The second kappa shape index (κ2) is 8.82. The van der Waals surface area contributed by atoms with Gasteiger partial charge in [-0.25, -0.2) is 0 Å². The van der Waals surface area contributed by atoms with Crippen molar-refractivity contribution in [3.63, 3.8) is 0 Å². The molecule has 0 aromatic heterocycles. The molecule has 0 aliphatic carbocycles. The molecular weight excluding hydrogens is 362 g/mol. The fourth-order valence-corrected chi connectivity index (χ4v) is 3.23. The lowest BCUT2D eigenvalue weighted by atomic mass is 10.1. The summed E-state index contributed by atoms with van der Waals surface area (Å²) in [7, 11) is 1.62. The first kappa shape index (κ1) is 20.5. The summed E-state index contributed by atoms with van der Waals surface area (Å²) in [6.07, 6.45) is 0. The normalized spacial score (nSPS) is 10.5. The maximum Gasteiger partial charge on any atom is 0.255 e. The molecule has 4 nitrogen and oxygen atoms in total. The third-order valence-electron chi connectivity index (χ3n) is 4.90. The number of methoxy groups -OCH3 is 1. The van der Waals surface area contributed by atoms with Crippen LogP contribution >= 0.6 is 0 Å². The second-order valence-corrected chi connectivity index (χ2v) is 7.39. The van der Waals surface area contributed by atoms with Crippen molar-refractivity contribution in [2.45, 2.75) is 34.3 Å². The van der Waals surface area contributed by atoms with E-state index in [2.05, 4.69) is 11.4 Å². The van der Waals surface area contributed by atoms with E-state index in [-0.39, 0.29) is 5.91 Å². The summed E-state index contributed by atoms with van der Waals surface area (Å²) in [4.78, 5) is 12.7. The van der Waals surface area contributed by atoms with E-state index in [1.54, 1.807) is 19.2 Å². The van der Waals surface area contributed by atoms with E-state index in [4.69, 9.17) is 9.47 Å². The number of amides is 1. The van der Waals surface area contributed by atoms with Crippen LogP contribution in [0.2, 0.25) is 0 Å². The van der Waals surface area contributed by atoms with E-state index in [1.807, 2.05) is 64.1 Å². The Morgan fingerprint density at radius 3 is 2.24 bits per heavy atom. The summed E-state index contributed by atoms with van der Waals surface area (Å²) >= 11 is 0. The first-order valence-electron chi connectivity index (χ1n) is 9.62. The van der Waals surface area contributed by atoms with E-state index in [1.165, 1.54) is 5.56 Å². The molecule has 0 fully saturated rings. The number of hydrogen-bond acceptors (Lipinski definition) is 3. The van der Waals surface area contributed by atoms with E-state index < -0.39 is 0 Å². The van der Waals surface area contributed by atoms with Gasteiger partial charge in [0.2, 0.25) is 0 Å². The molecule has 29 heavy (non-hydrogen) atoms. The maximum absolute atomic E-state index is 12.7. The molecule has 0 atom stereocenters. The third-order valence-corrected chi connectivity index (χ3v) is 4.90. The molecule has 3 aromatic rings. The summed E-state index contributed by atoms with van der Waals surface area (Å²) in [5.41, 5.74) is 6.78. The highest BCUT2D eigenvalue weighted by Gasteiger charge is 2.12. The molecule has 0 radical (unpaired) electrons. The molecule has 0 heterocycles. The number of aryl methyl sites for hydroxylation is 4. The number of carbonyl (C=O) groups excluding carboxylic acids is 1. The van der Waals surface area contributed by atoms with Crippen LogP contribution in [-0.4, -0.2) is 13.0 Å². The lowest BCUT2D eigenvalue weighted by Gasteiger charge is -2.13. The molecule has 0 saturated carbocycles. The summed E-state index contributed by atoms with van der Waals surface area (Å²) in [6.45, 7) is 8.47. The first-order chi connectivity index (χ1) is 13.9. The van der Waals surface area contributed by atoms with Gasteiger partial charge in [-0.1, -0.05) is 12.1 Å². The highest BCUT2D eigenvalue weighted by atomic mass is 16.5. The Kier molecular flexibility index (Phi) is 6.23. The van der Waals surface area contributed by atoms with Crippen LogP contribution in [0, 0.1) is 27.7 Å². The van der Waals surface area contributed by atoms with Crippen LogP contribution in [0.25, 0.3) is 0 Å². The van der Waals surface area contributed by atoms with E-state index >= 15 is 0 Å². The Balaban J connectivity index is 1.78. The Labute approximate surface area is 172 Å². The number of nitrogens with one attached hydrogen (secondary N) is 1. The van der Waals surface area contributed by atoms with Gasteiger partial charge in [0.05, 0.1) is 7.11 Å². The second-order valence-electron chi connectivity index (χ2n) is 7.39. The molecule has 0 spiro atoms.